The minimum Gasteiger partial charge on any atom is -0.367 e. The summed E-state index contributed by atoms with van der Waals surface area (Å²) in [6, 6.07) is 4.96. The van der Waals surface area contributed by atoms with Gasteiger partial charge in [0.05, 0.1) is 22.8 Å². The molecule has 2 saturated heterocycles. The van der Waals surface area contributed by atoms with Gasteiger partial charge in [-0.3, -0.25) is 4.90 Å². The van der Waals surface area contributed by atoms with Gasteiger partial charge in [0.15, 0.2) is 0 Å². The Morgan fingerprint density at radius 1 is 1.12 bits per heavy atom. The Balaban J connectivity index is 1.02. The minimum absolute atomic E-state index is 0.182. The van der Waals surface area contributed by atoms with Crippen molar-refractivity contribution in [1.82, 2.24) is 29.0 Å². The van der Waals surface area contributed by atoms with Crippen LogP contribution in [0.5, 0.6) is 0 Å². The van der Waals surface area contributed by atoms with E-state index < -0.39 is 23.6 Å². The summed E-state index contributed by atoms with van der Waals surface area (Å²) in [7, 11) is 0.788. The molecule has 2 N–H and O–H groups in total. The van der Waals surface area contributed by atoms with Gasteiger partial charge in [0.25, 0.3) is 0 Å². The quantitative estimate of drug-likeness (QED) is 0.362. The van der Waals surface area contributed by atoms with Gasteiger partial charge >= 0.3 is 6.18 Å². The highest BCUT2D eigenvalue weighted by molar-refractivity contribution is 7.81. The highest BCUT2D eigenvalue weighted by Gasteiger charge is 2.44. The molecule has 3 aliphatic heterocycles. The molecular weight excluding hydrogens is 660 g/mol. The van der Waals surface area contributed by atoms with E-state index in [-0.39, 0.29) is 10.9 Å². The van der Waals surface area contributed by atoms with Crippen molar-refractivity contribution in [2.24, 2.45) is 17.8 Å². The van der Waals surface area contributed by atoms with Gasteiger partial charge in [-0.2, -0.15) is 23.4 Å². The van der Waals surface area contributed by atoms with Crippen LogP contribution in [-0.2, 0) is 17.4 Å². The molecule has 3 fully saturated rings. The van der Waals surface area contributed by atoms with E-state index in [0.717, 1.165) is 95.1 Å². The lowest BCUT2D eigenvalue weighted by Gasteiger charge is -2.45. The molecule has 6 rings (SSSR count). The van der Waals surface area contributed by atoms with Gasteiger partial charge < -0.3 is 20.4 Å². The number of anilines is 2. The highest BCUT2D eigenvalue weighted by Crippen LogP contribution is 2.44. The van der Waals surface area contributed by atoms with Crippen LogP contribution in [0, 0.1) is 29.1 Å². The summed E-state index contributed by atoms with van der Waals surface area (Å²) in [6.07, 6.45) is 2.85. The van der Waals surface area contributed by atoms with E-state index in [4.69, 9.17) is 0 Å². The molecule has 2 aromatic heterocycles. The van der Waals surface area contributed by atoms with Crippen LogP contribution >= 0.6 is 11.3 Å². The summed E-state index contributed by atoms with van der Waals surface area (Å²) in [5.41, 5.74) is 0.820. The number of piperidine rings is 1. The lowest BCUT2D eigenvalue weighted by Crippen LogP contribution is -2.54. The highest BCUT2D eigenvalue weighted by atomic mass is 32.2. The van der Waals surface area contributed by atoms with Crippen molar-refractivity contribution >= 4 is 44.3 Å². The van der Waals surface area contributed by atoms with Crippen LogP contribution in [0.1, 0.15) is 44.4 Å². The summed E-state index contributed by atoms with van der Waals surface area (Å²) in [5.74, 6) is 2.40. The summed E-state index contributed by atoms with van der Waals surface area (Å²) in [5, 5.41) is 17.2. The number of hydrogen-bond acceptors (Lipinski definition) is 10. The lowest BCUT2D eigenvalue weighted by molar-refractivity contribution is -0.126. The predicted molar refractivity (Wildman–Crippen MR) is 186 cm³/mol. The number of halogens is 3. The van der Waals surface area contributed by atoms with Crippen LogP contribution in [0.15, 0.2) is 17.8 Å². The molecule has 0 bridgehead atoms. The van der Waals surface area contributed by atoms with Crippen LogP contribution in [0.4, 0.5) is 24.9 Å². The third-order valence-electron chi connectivity index (χ3n) is 11.0. The first kappa shape index (κ1) is 35.3. The molecule has 10 nitrogen and oxygen atoms in total. The second-order valence-corrected chi connectivity index (χ2v) is 16.5. The Kier molecular flexibility index (Phi) is 10.9. The summed E-state index contributed by atoms with van der Waals surface area (Å²) >= 11 is 1.07. The van der Waals surface area contributed by atoms with Crippen molar-refractivity contribution in [2.45, 2.75) is 70.3 Å². The second-order valence-electron chi connectivity index (χ2n) is 14.0. The number of aromatic nitrogens is 2. The molecule has 48 heavy (non-hydrogen) atoms. The maximum atomic E-state index is 13.1. The molecule has 264 valence electrons. The number of allylic oxidation sites excluding steroid dienone is 1. The Labute approximate surface area is 288 Å². The first-order chi connectivity index (χ1) is 22.9. The van der Waals surface area contributed by atoms with Crippen molar-refractivity contribution in [3.05, 3.63) is 22.7 Å². The summed E-state index contributed by atoms with van der Waals surface area (Å²) in [6.45, 7) is 11.8. The van der Waals surface area contributed by atoms with E-state index >= 15 is 0 Å². The van der Waals surface area contributed by atoms with Crippen molar-refractivity contribution < 1.29 is 17.4 Å². The Hall–Kier alpha value is -2.51. The number of thiophene rings is 1. The number of likely N-dealkylation sites (tertiary alicyclic amines) is 1. The van der Waals surface area contributed by atoms with E-state index in [2.05, 4.69) is 61.3 Å². The maximum Gasteiger partial charge on any atom is 0.393 e. The number of rotatable bonds is 10. The monoisotopic (exact) mass is 707 g/mol. The summed E-state index contributed by atoms with van der Waals surface area (Å²) < 4.78 is 53.1. The molecule has 4 aliphatic rings. The minimum atomic E-state index is -4.27. The second kappa shape index (κ2) is 14.8. The molecule has 0 spiro atoms. The molecule has 15 heteroatoms. The SMILES string of the molecule is CNc1nc(NC2CCN(CC3CCC4C(C=C(C#N)N4C[C@@H](C)N4CCN(S(C)=O)CC4)C3C)CC2)c2cc(CC(F)(F)F)sc2n1. The third-order valence-corrected chi connectivity index (χ3v) is 13.1. The van der Waals surface area contributed by atoms with E-state index in [0.29, 0.717) is 51.8 Å². The molecular formula is C33H48F3N9OS2. The van der Waals surface area contributed by atoms with E-state index in [9.17, 15) is 22.6 Å². The van der Waals surface area contributed by atoms with Gasteiger partial charge in [-0.15, -0.1) is 11.3 Å². The van der Waals surface area contributed by atoms with Crippen LogP contribution < -0.4 is 10.6 Å². The number of nitrogens with one attached hydrogen (secondary N) is 2. The van der Waals surface area contributed by atoms with E-state index in [1.807, 2.05) is 4.31 Å². The Morgan fingerprint density at radius 3 is 2.50 bits per heavy atom. The van der Waals surface area contributed by atoms with Gasteiger partial charge in [-0.25, -0.2) is 13.5 Å². The standard InChI is InChI=1S/C33H48F3N9OS2/c1-21(43-11-13-44(14-12-43)48(4)46)19-45-25(18-37)15-27-22(2)23(5-6-29(27)45)20-42-9-7-24(8-10-42)39-30-28-16-26(17-33(34,35)36)47-31(28)41-32(38-3)40-30/h15-16,21-24,27,29H,5-14,17,19-20H2,1-4H3,(H2,38,39,40,41)/t21-,22?,23?,27?,29?,48?/m1/s1. The fourth-order valence-corrected chi connectivity index (χ4v) is 9.98. The van der Waals surface area contributed by atoms with Crippen LogP contribution in [-0.4, -0.2) is 123 Å². The number of fused-ring (bicyclic) bond motifs is 2. The number of piperazine rings is 1. The molecule has 1 aliphatic carbocycles. The van der Waals surface area contributed by atoms with Crippen LogP contribution in [0.2, 0.25) is 0 Å². The van der Waals surface area contributed by atoms with Crippen LogP contribution in [0.3, 0.4) is 0 Å². The van der Waals surface area contributed by atoms with Crippen molar-refractivity contribution in [3.8, 4) is 6.07 Å². The molecule has 0 aromatic carbocycles. The fraction of sp³-hybridized carbons (Fsp3) is 0.727. The zero-order valence-corrected chi connectivity index (χ0v) is 29.9. The molecule has 0 amide bonds. The van der Waals surface area contributed by atoms with Gasteiger partial charge in [0.1, 0.15) is 22.4 Å². The third kappa shape index (κ3) is 7.93. The average Bonchev–Trinajstić information content (AvgIpc) is 3.63. The first-order valence-corrected chi connectivity index (χ1v) is 19.5. The number of nitriles is 1. The largest absolute Gasteiger partial charge is 0.393 e. The molecule has 2 aromatic rings. The summed E-state index contributed by atoms with van der Waals surface area (Å²) in [4.78, 5) is 17.2. The Bertz CT molecular complexity index is 1530. The van der Waals surface area contributed by atoms with E-state index in [1.54, 1.807) is 19.4 Å². The maximum absolute atomic E-state index is 13.1. The van der Waals surface area contributed by atoms with Gasteiger partial charge in [0.2, 0.25) is 5.95 Å². The number of nitrogens with zero attached hydrogens (tertiary/aromatic N) is 7. The molecule has 5 unspecified atom stereocenters. The number of hydrogen-bond donors (Lipinski definition) is 2. The Morgan fingerprint density at radius 2 is 1.85 bits per heavy atom. The number of alkyl halides is 3. The van der Waals surface area contributed by atoms with Crippen molar-refractivity contribution in [2.75, 3.05) is 76.3 Å². The predicted octanol–water partition coefficient (Wildman–Crippen LogP) is 4.77. The zero-order valence-electron chi connectivity index (χ0n) is 28.3. The smallest absolute Gasteiger partial charge is 0.367 e. The van der Waals surface area contributed by atoms with E-state index in [1.165, 1.54) is 0 Å². The molecule has 6 atom stereocenters. The van der Waals surface area contributed by atoms with Crippen LogP contribution in [0.25, 0.3) is 10.2 Å². The topological polar surface area (TPSA) is 104 Å². The van der Waals surface area contributed by atoms with Gasteiger partial charge in [0, 0.05) is 94.6 Å². The normalized spacial score (nSPS) is 27.8. The lowest BCUT2D eigenvalue weighted by atomic mass is 9.70. The van der Waals surface area contributed by atoms with Crippen molar-refractivity contribution in [3.63, 3.8) is 0 Å². The molecule has 0 radical (unpaired) electrons. The zero-order chi connectivity index (χ0) is 34.2. The van der Waals surface area contributed by atoms with Gasteiger partial charge in [-0.05, 0) is 56.6 Å². The molecule has 1 saturated carbocycles. The first-order valence-electron chi connectivity index (χ1n) is 17.2. The van der Waals surface area contributed by atoms with Crippen molar-refractivity contribution in [1.29, 1.82) is 5.26 Å². The van der Waals surface area contributed by atoms with Gasteiger partial charge in [-0.1, -0.05) is 6.92 Å². The molecule has 5 heterocycles. The average molecular weight is 708 g/mol. The fourth-order valence-electron chi connectivity index (χ4n) is 8.25.